The summed E-state index contributed by atoms with van der Waals surface area (Å²) in [4.78, 5) is 20.5. The summed E-state index contributed by atoms with van der Waals surface area (Å²) in [6.45, 7) is 5.37. The van der Waals surface area contributed by atoms with Gasteiger partial charge in [-0.05, 0) is 45.4 Å². The van der Waals surface area contributed by atoms with Gasteiger partial charge in [-0.1, -0.05) is 77.4 Å². The number of unbranched alkanes of at least 4 members (excludes halogenated alkanes) is 11. The second-order valence-electron chi connectivity index (χ2n) is 8.18. The zero-order valence-corrected chi connectivity index (χ0v) is 19.8. The number of hydrogen-bond donors (Lipinski definition) is 4. The molecule has 0 saturated heterocycles. The van der Waals surface area contributed by atoms with Gasteiger partial charge in [0.25, 0.3) is 0 Å². The Hall–Kier alpha value is -0.400. The minimum absolute atomic E-state index is 0. The molecule has 0 heterocycles. The van der Waals surface area contributed by atoms with Crippen molar-refractivity contribution >= 4 is 41.4 Å². The molecule has 1 amide bonds. The van der Waals surface area contributed by atoms with E-state index in [1.165, 1.54) is 77.6 Å². The molecule has 6 nitrogen and oxygen atoms in total. The van der Waals surface area contributed by atoms with Crippen LogP contribution in [-0.2, 0) is 9.59 Å². The number of rotatable bonds is 19. The Morgan fingerprint density at radius 2 is 1.32 bits per heavy atom. The fourth-order valence-corrected chi connectivity index (χ4v) is 2.76. The number of carboxylic acids is 1. The summed E-state index contributed by atoms with van der Waals surface area (Å²) < 4.78 is 0. The maximum absolute atomic E-state index is 10.5. The van der Waals surface area contributed by atoms with E-state index in [-0.39, 0.29) is 42.0 Å². The van der Waals surface area contributed by atoms with Crippen molar-refractivity contribution in [2.75, 3.05) is 6.54 Å². The molecule has 0 aromatic heterocycles. The number of carbonyl (C=O) groups excluding carboxylic acids is 1. The second-order valence-corrected chi connectivity index (χ2v) is 8.18. The van der Waals surface area contributed by atoms with Gasteiger partial charge in [0, 0.05) is 6.42 Å². The van der Waals surface area contributed by atoms with Gasteiger partial charge in [0.15, 0.2) is 0 Å². The fourth-order valence-electron chi connectivity index (χ4n) is 2.76. The van der Waals surface area contributed by atoms with Gasteiger partial charge in [-0.25, -0.2) is 0 Å². The maximum atomic E-state index is 10.5. The van der Waals surface area contributed by atoms with Crippen molar-refractivity contribution in [1.82, 2.24) is 5.32 Å². The van der Waals surface area contributed by atoms with Gasteiger partial charge in [0.1, 0.15) is 5.72 Å². The van der Waals surface area contributed by atoms with Gasteiger partial charge in [0.05, 0.1) is 6.54 Å². The quantitative estimate of drug-likeness (QED) is 0.0987. The van der Waals surface area contributed by atoms with Crippen LogP contribution in [0.5, 0.6) is 0 Å². The van der Waals surface area contributed by atoms with Crippen LogP contribution in [0, 0.1) is 0 Å². The number of nitrogens with one attached hydrogen (secondary N) is 1. The van der Waals surface area contributed by atoms with E-state index in [2.05, 4.69) is 24.4 Å². The summed E-state index contributed by atoms with van der Waals surface area (Å²) in [6, 6.07) is 0. The molecule has 31 heavy (non-hydrogen) atoms. The van der Waals surface area contributed by atoms with Crippen molar-refractivity contribution in [2.45, 2.75) is 123 Å². The van der Waals surface area contributed by atoms with E-state index in [0.717, 1.165) is 12.8 Å². The monoisotopic (exact) mass is 452 g/mol. The van der Waals surface area contributed by atoms with Gasteiger partial charge < -0.3 is 15.9 Å². The van der Waals surface area contributed by atoms with E-state index in [4.69, 9.17) is 10.8 Å². The van der Waals surface area contributed by atoms with Crippen molar-refractivity contribution < 1.29 is 19.8 Å². The number of carboxylic acid groups (broad SMARTS) is 1. The average Bonchev–Trinajstić information content (AvgIpc) is 2.70. The number of primary amides is 1. The Kier molecular flexibility index (Phi) is 29.4. The molecule has 7 heteroatoms. The third-order valence-electron chi connectivity index (χ3n) is 4.99. The van der Waals surface area contributed by atoms with Crippen molar-refractivity contribution in [1.29, 1.82) is 0 Å². The van der Waals surface area contributed by atoms with E-state index < -0.39 is 11.7 Å². The normalized spacial score (nSPS) is 12.5. The molecule has 0 rings (SSSR count). The van der Waals surface area contributed by atoms with Crippen LogP contribution >= 0.6 is 0 Å². The number of aliphatic carboxylic acids is 1. The first-order valence-electron chi connectivity index (χ1n) is 11.9. The van der Waals surface area contributed by atoms with Crippen LogP contribution in [0.15, 0.2) is 12.2 Å². The van der Waals surface area contributed by atoms with Crippen LogP contribution in [0.2, 0.25) is 0 Å². The molecule has 0 aliphatic rings. The predicted molar refractivity (Wildman–Crippen MR) is 132 cm³/mol. The molecule has 0 bridgehead atoms. The molecule has 180 valence electrons. The minimum atomic E-state index is -1.06. The first kappa shape index (κ1) is 35.2. The molecule has 0 aromatic rings. The Labute approximate surface area is 213 Å². The van der Waals surface area contributed by atoms with E-state index in [1.54, 1.807) is 6.92 Å². The van der Waals surface area contributed by atoms with Crippen LogP contribution in [-0.4, -0.2) is 63.9 Å². The molecule has 0 saturated carbocycles. The third-order valence-corrected chi connectivity index (χ3v) is 4.99. The van der Waals surface area contributed by atoms with Crippen molar-refractivity contribution in [3.8, 4) is 0 Å². The van der Waals surface area contributed by atoms with E-state index >= 15 is 0 Å². The zero-order valence-electron chi connectivity index (χ0n) is 19.8. The van der Waals surface area contributed by atoms with Crippen LogP contribution in [0.25, 0.3) is 0 Å². The molecule has 0 aliphatic carbocycles. The Morgan fingerprint density at radius 3 is 1.74 bits per heavy atom. The predicted octanol–water partition coefficient (Wildman–Crippen LogP) is 4.64. The molecule has 5 N–H and O–H groups in total. The molecular formula is C24H49N2NaO4. The molecule has 0 spiro atoms. The molecule has 0 aromatic carbocycles. The number of hydrogen-bond acceptors (Lipinski definition) is 4. The number of amides is 1. The van der Waals surface area contributed by atoms with Gasteiger partial charge in [-0.3, -0.25) is 14.9 Å². The van der Waals surface area contributed by atoms with Gasteiger partial charge >= 0.3 is 35.5 Å². The van der Waals surface area contributed by atoms with Crippen LogP contribution in [0.4, 0.5) is 0 Å². The van der Waals surface area contributed by atoms with Crippen LogP contribution in [0.3, 0.4) is 0 Å². The molecule has 0 aliphatic heterocycles. The second kappa shape index (κ2) is 25.9. The Bertz CT molecular complexity index is 443. The van der Waals surface area contributed by atoms with Crippen molar-refractivity contribution in [2.24, 2.45) is 5.73 Å². The zero-order chi connectivity index (χ0) is 23.1. The summed E-state index contributed by atoms with van der Waals surface area (Å²) in [5.41, 5.74) is 4.04. The van der Waals surface area contributed by atoms with E-state index in [1.807, 2.05) is 0 Å². The molecule has 0 radical (unpaired) electrons. The number of carbonyl (C=O) groups is 2. The van der Waals surface area contributed by atoms with Gasteiger partial charge in [0.2, 0.25) is 5.91 Å². The first-order valence-corrected chi connectivity index (χ1v) is 11.9. The van der Waals surface area contributed by atoms with Crippen molar-refractivity contribution in [3.05, 3.63) is 12.2 Å². The topological polar surface area (TPSA) is 113 Å². The molecule has 1 unspecified atom stereocenters. The SMILES string of the molecule is CCC(C)(O)NCC(=O)O.CCCCCCCC/C=C\CCCCCCCC(N)=O.[NaH]. The number of aliphatic hydroxyl groups is 1. The molecular weight excluding hydrogens is 403 g/mol. The summed E-state index contributed by atoms with van der Waals surface area (Å²) >= 11 is 0. The Morgan fingerprint density at radius 1 is 0.871 bits per heavy atom. The van der Waals surface area contributed by atoms with Gasteiger partial charge in [-0.2, -0.15) is 0 Å². The Balaban J connectivity index is -0.000000604. The third kappa shape index (κ3) is 34.4. The summed E-state index contributed by atoms with van der Waals surface area (Å²) in [5.74, 6) is -1.13. The summed E-state index contributed by atoms with van der Waals surface area (Å²) in [6.07, 6.45) is 22.4. The van der Waals surface area contributed by atoms with E-state index in [0.29, 0.717) is 12.8 Å². The van der Waals surface area contributed by atoms with Gasteiger partial charge in [-0.15, -0.1) is 0 Å². The fraction of sp³-hybridized carbons (Fsp3) is 0.833. The van der Waals surface area contributed by atoms with Crippen LogP contribution < -0.4 is 11.1 Å². The summed E-state index contributed by atoms with van der Waals surface area (Å²) in [5, 5.41) is 19.9. The molecule has 0 fully saturated rings. The average molecular weight is 453 g/mol. The van der Waals surface area contributed by atoms with Crippen LogP contribution in [0.1, 0.15) is 117 Å². The standard InChI is InChI=1S/C18H35NO.C6H13NO3.Na.H/c1-2-3-4-5-6-7-8-9-10-11-12-13-14-15-16-17-18(19)20;1-3-6(2,10)7-4-5(8)9;;/h9-10H,2-8,11-17H2,1H3,(H2,19,20);7,10H,3-4H2,1-2H3,(H,8,9);;/b10-9-;;;. The number of nitrogens with two attached hydrogens (primary N) is 1. The molecule has 1 atom stereocenters. The first-order chi connectivity index (χ1) is 14.2. The van der Waals surface area contributed by atoms with Crippen molar-refractivity contribution in [3.63, 3.8) is 0 Å². The summed E-state index contributed by atoms with van der Waals surface area (Å²) in [7, 11) is 0. The number of allylic oxidation sites excluding steroid dienone is 2. The van der Waals surface area contributed by atoms with E-state index in [9.17, 15) is 14.7 Å².